The number of nitrogens with one attached hydrogen (secondary N) is 4. The molecule has 0 radical (unpaired) electrons. The monoisotopic (exact) mass is 513 g/mol. The summed E-state index contributed by atoms with van der Waals surface area (Å²) in [5, 5.41) is 9.01. The van der Waals surface area contributed by atoms with Gasteiger partial charge in [-0.2, -0.15) is 0 Å². The Balaban J connectivity index is 1.42. The van der Waals surface area contributed by atoms with Crippen LogP contribution < -0.4 is 20.7 Å². The fourth-order valence-corrected chi connectivity index (χ4v) is 4.63. The molecule has 0 aliphatic carbocycles. The van der Waals surface area contributed by atoms with Gasteiger partial charge in [0.15, 0.2) is 0 Å². The highest BCUT2D eigenvalue weighted by atomic mass is 32.2. The van der Waals surface area contributed by atoms with Crippen LogP contribution in [0.15, 0.2) is 85.2 Å². The molecule has 1 aliphatic heterocycles. The van der Waals surface area contributed by atoms with Crippen LogP contribution in [-0.2, 0) is 16.6 Å². The SMILES string of the molecule is CS(=O)(=O)Nc1ccccc1-c1ccc2c(c1)Nc1ccc(C(=O)NCc3ccncc3)cc1NC2=O. The van der Waals surface area contributed by atoms with Crippen molar-refractivity contribution in [2.45, 2.75) is 6.54 Å². The molecule has 2 heterocycles. The first kappa shape index (κ1) is 24.0. The Morgan fingerprint density at radius 1 is 0.865 bits per heavy atom. The number of fused-ring (bicyclic) bond motifs is 2. The highest BCUT2D eigenvalue weighted by Crippen LogP contribution is 2.37. The minimum atomic E-state index is -3.48. The summed E-state index contributed by atoms with van der Waals surface area (Å²) in [6.07, 6.45) is 4.42. The number of nitrogens with zero attached hydrogens (tertiary/aromatic N) is 1. The molecule has 186 valence electrons. The van der Waals surface area contributed by atoms with Gasteiger partial charge in [-0.05, 0) is 59.7 Å². The molecule has 0 bridgehead atoms. The van der Waals surface area contributed by atoms with Crippen molar-refractivity contribution in [1.29, 1.82) is 0 Å². The van der Waals surface area contributed by atoms with Gasteiger partial charge in [0.1, 0.15) is 0 Å². The van der Waals surface area contributed by atoms with Crippen molar-refractivity contribution in [3.05, 3.63) is 102 Å². The molecule has 0 saturated carbocycles. The van der Waals surface area contributed by atoms with Crippen LogP contribution in [0, 0.1) is 0 Å². The van der Waals surface area contributed by atoms with E-state index in [0.717, 1.165) is 17.4 Å². The molecule has 10 heteroatoms. The second-order valence-electron chi connectivity index (χ2n) is 8.56. The van der Waals surface area contributed by atoms with Crippen molar-refractivity contribution in [3.63, 3.8) is 0 Å². The lowest BCUT2D eigenvalue weighted by Gasteiger charge is -2.14. The predicted molar refractivity (Wildman–Crippen MR) is 143 cm³/mol. The Labute approximate surface area is 214 Å². The zero-order valence-electron chi connectivity index (χ0n) is 19.8. The van der Waals surface area contributed by atoms with Crippen molar-refractivity contribution in [3.8, 4) is 11.1 Å². The summed E-state index contributed by atoms with van der Waals surface area (Å²) in [7, 11) is -3.48. The number of carbonyl (C=O) groups is 2. The molecule has 2 amide bonds. The van der Waals surface area contributed by atoms with Crippen molar-refractivity contribution < 1.29 is 18.0 Å². The van der Waals surface area contributed by atoms with Crippen LogP contribution in [0.3, 0.4) is 0 Å². The normalized spacial score (nSPS) is 12.3. The first-order chi connectivity index (χ1) is 17.8. The Morgan fingerprint density at radius 2 is 1.65 bits per heavy atom. The summed E-state index contributed by atoms with van der Waals surface area (Å²) in [5.74, 6) is -0.599. The van der Waals surface area contributed by atoms with Crippen LogP contribution in [0.4, 0.5) is 22.7 Å². The van der Waals surface area contributed by atoms with Gasteiger partial charge in [0.25, 0.3) is 11.8 Å². The quantitative estimate of drug-likeness (QED) is 0.303. The smallest absolute Gasteiger partial charge is 0.257 e. The third kappa shape index (κ3) is 5.44. The van der Waals surface area contributed by atoms with Gasteiger partial charge in [-0.3, -0.25) is 19.3 Å². The molecule has 0 atom stereocenters. The first-order valence-corrected chi connectivity index (χ1v) is 13.3. The fourth-order valence-electron chi connectivity index (χ4n) is 4.05. The van der Waals surface area contributed by atoms with E-state index in [4.69, 9.17) is 0 Å². The summed E-state index contributed by atoms with van der Waals surface area (Å²) in [6, 6.07) is 21.0. The van der Waals surface area contributed by atoms with E-state index in [1.54, 1.807) is 67.0 Å². The van der Waals surface area contributed by atoms with Crippen LogP contribution in [0.2, 0.25) is 0 Å². The molecule has 9 nitrogen and oxygen atoms in total. The third-order valence-corrected chi connectivity index (χ3v) is 6.39. The summed E-state index contributed by atoms with van der Waals surface area (Å²) in [5.41, 5.74) is 5.22. The number of hydrogen-bond donors (Lipinski definition) is 4. The maximum absolute atomic E-state index is 13.0. The highest BCUT2D eigenvalue weighted by molar-refractivity contribution is 7.92. The first-order valence-electron chi connectivity index (χ1n) is 11.4. The number of pyridine rings is 1. The zero-order valence-corrected chi connectivity index (χ0v) is 20.6. The molecular weight excluding hydrogens is 490 g/mol. The van der Waals surface area contributed by atoms with Crippen molar-refractivity contribution in [1.82, 2.24) is 10.3 Å². The van der Waals surface area contributed by atoms with E-state index in [2.05, 4.69) is 25.7 Å². The molecule has 0 saturated heterocycles. The zero-order chi connectivity index (χ0) is 26.0. The van der Waals surface area contributed by atoms with E-state index in [1.165, 1.54) is 0 Å². The number of hydrogen-bond acceptors (Lipinski definition) is 6. The van der Waals surface area contributed by atoms with Crippen LogP contribution in [0.5, 0.6) is 0 Å². The summed E-state index contributed by atoms with van der Waals surface area (Å²) >= 11 is 0. The van der Waals surface area contributed by atoms with Crippen LogP contribution in [-0.4, -0.2) is 31.5 Å². The second-order valence-corrected chi connectivity index (χ2v) is 10.3. The molecule has 0 fully saturated rings. The molecule has 0 spiro atoms. The van der Waals surface area contributed by atoms with E-state index in [0.29, 0.717) is 46.0 Å². The number of sulfonamides is 1. The van der Waals surface area contributed by atoms with Gasteiger partial charge in [0.05, 0.1) is 34.6 Å². The average Bonchev–Trinajstić information content (AvgIpc) is 3.02. The minimum absolute atomic E-state index is 0.270. The van der Waals surface area contributed by atoms with Crippen LogP contribution >= 0.6 is 0 Å². The largest absolute Gasteiger partial charge is 0.353 e. The molecule has 37 heavy (non-hydrogen) atoms. The van der Waals surface area contributed by atoms with Gasteiger partial charge >= 0.3 is 0 Å². The van der Waals surface area contributed by atoms with Crippen molar-refractivity contribution in [2.75, 3.05) is 21.6 Å². The molecule has 4 aromatic rings. The summed E-state index contributed by atoms with van der Waals surface area (Å²) < 4.78 is 26.2. The minimum Gasteiger partial charge on any atom is -0.353 e. The van der Waals surface area contributed by atoms with Gasteiger partial charge < -0.3 is 16.0 Å². The maximum atomic E-state index is 13.0. The van der Waals surface area contributed by atoms with Gasteiger partial charge in [-0.25, -0.2) is 8.42 Å². The summed E-state index contributed by atoms with van der Waals surface area (Å²) in [4.78, 5) is 29.7. The predicted octanol–water partition coefficient (Wildman–Crippen LogP) is 4.36. The Bertz CT molecular complexity index is 1620. The number of anilines is 4. The number of benzene rings is 3. The number of rotatable bonds is 6. The highest BCUT2D eigenvalue weighted by Gasteiger charge is 2.21. The number of para-hydroxylation sites is 1. The fraction of sp³-hybridized carbons (Fsp3) is 0.0741. The van der Waals surface area contributed by atoms with Crippen molar-refractivity contribution in [2.24, 2.45) is 0 Å². The van der Waals surface area contributed by atoms with Gasteiger partial charge in [-0.15, -0.1) is 0 Å². The summed E-state index contributed by atoms with van der Waals surface area (Å²) in [6.45, 7) is 0.354. The van der Waals surface area contributed by atoms with E-state index < -0.39 is 10.0 Å². The molecule has 0 unspecified atom stereocenters. The van der Waals surface area contributed by atoms with Gasteiger partial charge in [0.2, 0.25) is 10.0 Å². The van der Waals surface area contributed by atoms with Crippen LogP contribution in [0.1, 0.15) is 26.3 Å². The van der Waals surface area contributed by atoms with E-state index in [1.807, 2.05) is 18.2 Å². The molecule has 1 aromatic heterocycles. The number of aromatic nitrogens is 1. The van der Waals surface area contributed by atoms with E-state index in [-0.39, 0.29) is 11.8 Å². The van der Waals surface area contributed by atoms with Crippen molar-refractivity contribution >= 4 is 44.6 Å². The lowest BCUT2D eigenvalue weighted by atomic mass is 10.0. The molecule has 4 N–H and O–H groups in total. The third-order valence-electron chi connectivity index (χ3n) is 5.80. The standard InChI is InChI=1S/C27H23N5O4S/c1-37(35,36)32-22-5-3-2-4-20(22)18-6-8-21-24(14-18)30-23-9-7-19(15-25(23)31-27(21)34)26(33)29-16-17-10-12-28-13-11-17/h2-15,30,32H,16H2,1H3,(H,29,33)(H,31,34). The molecule has 3 aromatic carbocycles. The molecule has 1 aliphatic rings. The number of amides is 2. The maximum Gasteiger partial charge on any atom is 0.257 e. The van der Waals surface area contributed by atoms with E-state index >= 15 is 0 Å². The van der Waals surface area contributed by atoms with Gasteiger partial charge in [0, 0.05) is 30.1 Å². The Hall–Kier alpha value is -4.70. The van der Waals surface area contributed by atoms with Crippen LogP contribution in [0.25, 0.3) is 11.1 Å². The Kier molecular flexibility index (Phi) is 6.33. The lowest BCUT2D eigenvalue weighted by Crippen LogP contribution is -2.23. The number of carbonyl (C=O) groups excluding carboxylic acids is 2. The van der Waals surface area contributed by atoms with E-state index in [9.17, 15) is 18.0 Å². The topological polar surface area (TPSA) is 129 Å². The molecular formula is C27H23N5O4S. The lowest BCUT2D eigenvalue weighted by molar-refractivity contribution is 0.0949. The molecule has 5 rings (SSSR count). The second kappa shape index (κ2) is 9.75. The Morgan fingerprint density at radius 3 is 2.43 bits per heavy atom. The van der Waals surface area contributed by atoms with Gasteiger partial charge in [-0.1, -0.05) is 24.3 Å². The average molecular weight is 514 g/mol.